The van der Waals surface area contributed by atoms with Gasteiger partial charge in [0.2, 0.25) is 0 Å². The number of fused-ring (bicyclic) bond motifs is 1. The molecular formula is C28H31N3O2. The van der Waals surface area contributed by atoms with Crippen molar-refractivity contribution in [2.45, 2.75) is 40.2 Å². The second kappa shape index (κ2) is 10.3. The third-order valence-electron chi connectivity index (χ3n) is 6.05. The molecule has 0 saturated carbocycles. The van der Waals surface area contributed by atoms with Crippen LogP contribution in [0.3, 0.4) is 0 Å². The highest BCUT2D eigenvalue weighted by Gasteiger charge is 2.12. The Balaban J connectivity index is 1.38. The number of aromatic nitrogens is 2. The first kappa shape index (κ1) is 22.6. The molecule has 0 aliphatic carbocycles. The summed E-state index contributed by atoms with van der Waals surface area (Å²) in [6.07, 6.45) is 1.60. The highest BCUT2D eigenvalue weighted by Crippen LogP contribution is 2.19. The van der Waals surface area contributed by atoms with Crippen molar-refractivity contribution in [3.8, 4) is 5.75 Å². The van der Waals surface area contributed by atoms with Gasteiger partial charge in [-0.05, 0) is 74.2 Å². The first-order chi connectivity index (χ1) is 16.0. The summed E-state index contributed by atoms with van der Waals surface area (Å²) in [5.74, 6) is 1.89. The van der Waals surface area contributed by atoms with Crippen molar-refractivity contribution in [2.75, 3.05) is 13.2 Å². The van der Waals surface area contributed by atoms with Gasteiger partial charge in [-0.3, -0.25) is 4.79 Å². The van der Waals surface area contributed by atoms with Gasteiger partial charge >= 0.3 is 0 Å². The minimum absolute atomic E-state index is 0.0246. The molecule has 5 heteroatoms. The molecule has 170 valence electrons. The summed E-state index contributed by atoms with van der Waals surface area (Å²) in [5.41, 5.74) is 6.31. The zero-order valence-electron chi connectivity index (χ0n) is 19.6. The number of nitrogens with one attached hydrogen (secondary N) is 1. The van der Waals surface area contributed by atoms with E-state index in [1.807, 2.05) is 55.5 Å². The van der Waals surface area contributed by atoms with Gasteiger partial charge in [0.05, 0.1) is 17.6 Å². The fourth-order valence-corrected chi connectivity index (χ4v) is 4.00. The van der Waals surface area contributed by atoms with Crippen molar-refractivity contribution in [1.82, 2.24) is 14.9 Å². The quantitative estimate of drug-likeness (QED) is 0.354. The number of aryl methyl sites for hydroxylation is 4. The molecule has 0 spiro atoms. The number of nitrogens with zero attached hydrogens (tertiary/aromatic N) is 2. The van der Waals surface area contributed by atoms with E-state index in [-0.39, 0.29) is 5.91 Å². The molecule has 1 amide bonds. The van der Waals surface area contributed by atoms with Crippen LogP contribution in [0.15, 0.2) is 66.7 Å². The van der Waals surface area contributed by atoms with Gasteiger partial charge in [0, 0.05) is 18.5 Å². The summed E-state index contributed by atoms with van der Waals surface area (Å²) < 4.78 is 8.27. The lowest BCUT2D eigenvalue weighted by atomic mass is 10.1. The Kier molecular flexibility index (Phi) is 7.08. The third-order valence-corrected chi connectivity index (χ3v) is 6.05. The molecule has 0 unspecified atom stereocenters. The minimum atomic E-state index is -0.0246. The van der Waals surface area contributed by atoms with Crippen LogP contribution in [-0.4, -0.2) is 28.6 Å². The van der Waals surface area contributed by atoms with E-state index in [1.54, 1.807) is 0 Å². The maximum absolute atomic E-state index is 12.5. The first-order valence-corrected chi connectivity index (χ1v) is 11.5. The SMILES string of the molecule is Cc1ccc(OCCn2c(CCCNC(=O)c3ccccc3C)nc3ccccc32)cc1C. The number of amides is 1. The average molecular weight is 442 g/mol. The van der Waals surface area contributed by atoms with Crippen LogP contribution in [0.25, 0.3) is 11.0 Å². The van der Waals surface area contributed by atoms with E-state index in [0.717, 1.165) is 53.1 Å². The van der Waals surface area contributed by atoms with Crippen LogP contribution < -0.4 is 10.1 Å². The largest absolute Gasteiger partial charge is 0.492 e. The third kappa shape index (κ3) is 5.43. The number of rotatable bonds is 9. The molecule has 1 aromatic heterocycles. The van der Waals surface area contributed by atoms with Crippen molar-refractivity contribution >= 4 is 16.9 Å². The molecule has 3 aromatic carbocycles. The molecule has 0 saturated heterocycles. The number of benzene rings is 3. The fourth-order valence-electron chi connectivity index (χ4n) is 4.00. The summed E-state index contributed by atoms with van der Waals surface area (Å²) >= 11 is 0. The smallest absolute Gasteiger partial charge is 0.251 e. The van der Waals surface area contributed by atoms with Gasteiger partial charge in [0.25, 0.3) is 5.91 Å². The highest BCUT2D eigenvalue weighted by molar-refractivity contribution is 5.95. The molecule has 1 heterocycles. The molecule has 0 aliphatic heterocycles. The highest BCUT2D eigenvalue weighted by atomic mass is 16.5. The Morgan fingerprint density at radius 2 is 1.73 bits per heavy atom. The number of para-hydroxylation sites is 2. The van der Waals surface area contributed by atoms with E-state index in [9.17, 15) is 4.79 Å². The van der Waals surface area contributed by atoms with E-state index in [0.29, 0.717) is 13.2 Å². The molecule has 33 heavy (non-hydrogen) atoms. The van der Waals surface area contributed by atoms with Gasteiger partial charge in [-0.1, -0.05) is 36.4 Å². The summed E-state index contributed by atoms with van der Waals surface area (Å²) in [6, 6.07) is 22.0. The van der Waals surface area contributed by atoms with Crippen LogP contribution in [0.1, 0.15) is 39.3 Å². The number of carbonyl (C=O) groups excluding carboxylic acids is 1. The molecule has 0 aliphatic rings. The second-order valence-corrected chi connectivity index (χ2v) is 8.44. The van der Waals surface area contributed by atoms with E-state index in [2.05, 4.69) is 41.9 Å². The fraction of sp³-hybridized carbons (Fsp3) is 0.286. The second-order valence-electron chi connectivity index (χ2n) is 8.44. The maximum atomic E-state index is 12.5. The standard InChI is InChI=1S/C28H31N3O2/c1-20-14-15-23(19-22(20)3)33-18-17-31-26-12-7-6-11-25(26)30-27(31)13-8-16-29-28(32)24-10-5-4-9-21(24)2/h4-7,9-12,14-15,19H,8,13,16-18H2,1-3H3,(H,29,32). The van der Waals surface area contributed by atoms with Gasteiger partial charge in [-0.25, -0.2) is 4.98 Å². The van der Waals surface area contributed by atoms with E-state index < -0.39 is 0 Å². The molecule has 1 N–H and O–H groups in total. The number of hydrogen-bond acceptors (Lipinski definition) is 3. The van der Waals surface area contributed by atoms with Crippen molar-refractivity contribution in [3.63, 3.8) is 0 Å². The number of imidazole rings is 1. The Labute approximate surface area is 195 Å². The van der Waals surface area contributed by atoms with Gasteiger partial charge < -0.3 is 14.6 Å². The van der Waals surface area contributed by atoms with E-state index in [1.165, 1.54) is 11.1 Å². The van der Waals surface area contributed by atoms with Crippen molar-refractivity contribution < 1.29 is 9.53 Å². The van der Waals surface area contributed by atoms with Gasteiger partial charge in [0.1, 0.15) is 18.2 Å². The Bertz CT molecular complexity index is 1260. The summed E-state index contributed by atoms with van der Waals surface area (Å²) in [7, 11) is 0. The Hall–Kier alpha value is -3.60. The molecule has 0 fully saturated rings. The zero-order valence-corrected chi connectivity index (χ0v) is 19.6. The van der Waals surface area contributed by atoms with Gasteiger partial charge in [-0.2, -0.15) is 0 Å². The molecular weight excluding hydrogens is 410 g/mol. The molecule has 0 radical (unpaired) electrons. The summed E-state index contributed by atoms with van der Waals surface area (Å²) in [4.78, 5) is 17.3. The Morgan fingerprint density at radius 1 is 0.939 bits per heavy atom. The molecule has 5 nitrogen and oxygen atoms in total. The van der Waals surface area contributed by atoms with Crippen LogP contribution in [-0.2, 0) is 13.0 Å². The molecule has 4 rings (SSSR count). The first-order valence-electron chi connectivity index (χ1n) is 11.5. The lowest BCUT2D eigenvalue weighted by molar-refractivity contribution is 0.0952. The van der Waals surface area contributed by atoms with Crippen LogP contribution >= 0.6 is 0 Å². The van der Waals surface area contributed by atoms with E-state index in [4.69, 9.17) is 9.72 Å². The van der Waals surface area contributed by atoms with Crippen LogP contribution in [0.4, 0.5) is 0 Å². The Morgan fingerprint density at radius 3 is 2.55 bits per heavy atom. The average Bonchev–Trinajstić information content (AvgIpc) is 3.16. The van der Waals surface area contributed by atoms with E-state index >= 15 is 0 Å². The number of carbonyl (C=O) groups is 1. The van der Waals surface area contributed by atoms with Crippen molar-refractivity contribution in [3.05, 3.63) is 94.8 Å². The topological polar surface area (TPSA) is 56.1 Å². The molecule has 4 aromatic rings. The lowest BCUT2D eigenvalue weighted by Gasteiger charge is -2.12. The summed E-state index contributed by atoms with van der Waals surface area (Å²) in [6.45, 7) is 8.05. The summed E-state index contributed by atoms with van der Waals surface area (Å²) in [5, 5.41) is 3.04. The van der Waals surface area contributed by atoms with Crippen LogP contribution in [0.2, 0.25) is 0 Å². The lowest BCUT2D eigenvalue weighted by Crippen LogP contribution is -2.25. The van der Waals surface area contributed by atoms with Crippen LogP contribution in [0, 0.1) is 20.8 Å². The van der Waals surface area contributed by atoms with Gasteiger partial charge in [0.15, 0.2) is 0 Å². The number of hydrogen-bond donors (Lipinski definition) is 1. The van der Waals surface area contributed by atoms with Crippen LogP contribution in [0.5, 0.6) is 5.75 Å². The molecule has 0 bridgehead atoms. The normalized spacial score (nSPS) is 11.0. The van der Waals surface area contributed by atoms with Crippen molar-refractivity contribution in [2.24, 2.45) is 0 Å². The maximum Gasteiger partial charge on any atom is 0.251 e. The predicted octanol–water partition coefficient (Wildman–Crippen LogP) is 5.40. The van der Waals surface area contributed by atoms with Crippen molar-refractivity contribution in [1.29, 1.82) is 0 Å². The number of ether oxygens (including phenoxy) is 1. The van der Waals surface area contributed by atoms with Gasteiger partial charge in [-0.15, -0.1) is 0 Å². The zero-order chi connectivity index (χ0) is 23.2. The predicted molar refractivity (Wildman–Crippen MR) is 133 cm³/mol. The minimum Gasteiger partial charge on any atom is -0.492 e. The monoisotopic (exact) mass is 441 g/mol. The molecule has 0 atom stereocenters.